The minimum atomic E-state index is 0.192. The first kappa shape index (κ1) is 12.0. The number of aryl methyl sites for hydroxylation is 1. The van der Waals surface area contributed by atoms with Crippen molar-refractivity contribution < 1.29 is 0 Å². The van der Waals surface area contributed by atoms with Crippen molar-refractivity contribution in [1.29, 1.82) is 0 Å². The van der Waals surface area contributed by atoms with Crippen LogP contribution in [0.15, 0.2) is 30.3 Å². The van der Waals surface area contributed by atoms with Gasteiger partial charge in [0.2, 0.25) is 0 Å². The lowest BCUT2D eigenvalue weighted by atomic mass is 10.1. The molecule has 0 bridgehead atoms. The van der Waals surface area contributed by atoms with Crippen LogP contribution in [0, 0.1) is 6.92 Å². The molecule has 0 unspecified atom stereocenters. The SMILES string of the molecule is Cc1ccc(/C=C/CNC(C)(C)C)cc1. The summed E-state index contributed by atoms with van der Waals surface area (Å²) in [6.45, 7) is 9.54. The topological polar surface area (TPSA) is 12.0 Å². The van der Waals surface area contributed by atoms with Gasteiger partial charge in [-0.05, 0) is 33.3 Å². The van der Waals surface area contributed by atoms with E-state index in [1.807, 2.05) is 0 Å². The van der Waals surface area contributed by atoms with Gasteiger partial charge in [-0.1, -0.05) is 42.0 Å². The smallest absolute Gasteiger partial charge is 0.0143 e. The molecule has 1 nitrogen and oxygen atoms in total. The predicted octanol–water partition coefficient (Wildman–Crippen LogP) is 3.40. The van der Waals surface area contributed by atoms with E-state index in [0.29, 0.717) is 0 Å². The quantitative estimate of drug-likeness (QED) is 0.794. The maximum absolute atomic E-state index is 3.42. The highest BCUT2D eigenvalue weighted by atomic mass is 14.9. The molecule has 0 amide bonds. The molecule has 1 rings (SSSR count). The lowest BCUT2D eigenvalue weighted by molar-refractivity contribution is 0.450. The molecular formula is C14H21N. The van der Waals surface area contributed by atoms with Crippen molar-refractivity contribution in [3.05, 3.63) is 41.5 Å². The Morgan fingerprint density at radius 3 is 2.27 bits per heavy atom. The monoisotopic (exact) mass is 203 g/mol. The molecule has 1 heteroatoms. The van der Waals surface area contributed by atoms with E-state index in [2.05, 4.69) is 69.4 Å². The molecule has 82 valence electrons. The summed E-state index contributed by atoms with van der Waals surface area (Å²) < 4.78 is 0. The Morgan fingerprint density at radius 2 is 1.73 bits per heavy atom. The molecule has 0 aliphatic rings. The average molecular weight is 203 g/mol. The Hall–Kier alpha value is -1.08. The normalized spacial score (nSPS) is 12.3. The van der Waals surface area contributed by atoms with Crippen LogP contribution in [-0.4, -0.2) is 12.1 Å². The maximum atomic E-state index is 3.42. The van der Waals surface area contributed by atoms with Gasteiger partial charge in [-0.25, -0.2) is 0 Å². The van der Waals surface area contributed by atoms with Crippen molar-refractivity contribution in [2.45, 2.75) is 33.2 Å². The molecule has 0 spiro atoms. The van der Waals surface area contributed by atoms with Gasteiger partial charge in [0, 0.05) is 12.1 Å². The number of nitrogens with one attached hydrogen (secondary N) is 1. The second-order valence-electron chi connectivity index (χ2n) is 4.94. The van der Waals surface area contributed by atoms with E-state index >= 15 is 0 Å². The van der Waals surface area contributed by atoms with Crippen LogP contribution in [0.5, 0.6) is 0 Å². The lowest BCUT2D eigenvalue weighted by Crippen LogP contribution is -2.35. The molecular weight excluding hydrogens is 182 g/mol. The van der Waals surface area contributed by atoms with Gasteiger partial charge in [0.05, 0.1) is 0 Å². The lowest BCUT2D eigenvalue weighted by Gasteiger charge is -2.18. The summed E-state index contributed by atoms with van der Waals surface area (Å²) in [5.41, 5.74) is 2.76. The van der Waals surface area contributed by atoms with Crippen molar-refractivity contribution in [3.63, 3.8) is 0 Å². The third-order valence-corrected chi connectivity index (χ3v) is 2.14. The van der Waals surface area contributed by atoms with Crippen molar-refractivity contribution >= 4 is 6.08 Å². The van der Waals surface area contributed by atoms with Crippen LogP contribution in [0.2, 0.25) is 0 Å². The Kier molecular flexibility index (Phi) is 4.10. The standard InChI is InChI=1S/C14H21N/c1-12-7-9-13(10-8-12)6-5-11-15-14(2,3)4/h5-10,15H,11H2,1-4H3/b6-5+. The molecule has 0 heterocycles. The first-order valence-corrected chi connectivity index (χ1v) is 5.46. The average Bonchev–Trinajstić information content (AvgIpc) is 2.14. The number of hydrogen-bond donors (Lipinski definition) is 1. The second kappa shape index (κ2) is 5.13. The Labute approximate surface area is 93.2 Å². The number of rotatable bonds is 3. The molecule has 0 aromatic heterocycles. The predicted molar refractivity (Wildman–Crippen MR) is 68.0 cm³/mol. The fourth-order valence-corrected chi connectivity index (χ4v) is 1.24. The summed E-state index contributed by atoms with van der Waals surface area (Å²) in [6, 6.07) is 8.56. The van der Waals surface area contributed by atoms with Gasteiger partial charge in [-0.15, -0.1) is 0 Å². The fraction of sp³-hybridized carbons (Fsp3) is 0.429. The second-order valence-corrected chi connectivity index (χ2v) is 4.94. The van der Waals surface area contributed by atoms with Crippen molar-refractivity contribution in [1.82, 2.24) is 5.32 Å². The molecule has 1 aromatic rings. The Morgan fingerprint density at radius 1 is 1.13 bits per heavy atom. The van der Waals surface area contributed by atoms with Crippen LogP contribution in [0.25, 0.3) is 6.08 Å². The first-order chi connectivity index (χ1) is 6.97. The number of hydrogen-bond acceptors (Lipinski definition) is 1. The minimum Gasteiger partial charge on any atom is -0.309 e. The van der Waals surface area contributed by atoms with Crippen LogP contribution in [0.4, 0.5) is 0 Å². The van der Waals surface area contributed by atoms with Gasteiger partial charge in [0.1, 0.15) is 0 Å². The Balaban J connectivity index is 2.42. The largest absolute Gasteiger partial charge is 0.309 e. The summed E-state index contributed by atoms with van der Waals surface area (Å²) in [7, 11) is 0. The van der Waals surface area contributed by atoms with E-state index in [9.17, 15) is 0 Å². The summed E-state index contributed by atoms with van der Waals surface area (Å²) in [5, 5.41) is 3.42. The van der Waals surface area contributed by atoms with Gasteiger partial charge >= 0.3 is 0 Å². The fourth-order valence-electron chi connectivity index (χ4n) is 1.24. The van der Waals surface area contributed by atoms with E-state index in [0.717, 1.165) is 6.54 Å². The Bertz CT molecular complexity index is 314. The van der Waals surface area contributed by atoms with Gasteiger partial charge in [-0.3, -0.25) is 0 Å². The van der Waals surface area contributed by atoms with Gasteiger partial charge in [0.15, 0.2) is 0 Å². The zero-order valence-electron chi connectivity index (χ0n) is 10.2. The maximum Gasteiger partial charge on any atom is 0.0143 e. The summed E-state index contributed by atoms with van der Waals surface area (Å²) in [5.74, 6) is 0. The molecule has 0 fully saturated rings. The summed E-state index contributed by atoms with van der Waals surface area (Å²) >= 11 is 0. The van der Waals surface area contributed by atoms with E-state index in [4.69, 9.17) is 0 Å². The summed E-state index contributed by atoms with van der Waals surface area (Å²) in [4.78, 5) is 0. The highest BCUT2D eigenvalue weighted by Crippen LogP contribution is 2.05. The molecule has 1 N–H and O–H groups in total. The molecule has 1 aromatic carbocycles. The third kappa shape index (κ3) is 5.38. The molecule has 0 saturated heterocycles. The molecule has 0 aliphatic heterocycles. The van der Waals surface area contributed by atoms with Crippen molar-refractivity contribution in [2.24, 2.45) is 0 Å². The minimum absolute atomic E-state index is 0.192. The van der Waals surface area contributed by atoms with E-state index in [-0.39, 0.29) is 5.54 Å². The molecule has 0 aliphatic carbocycles. The van der Waals surface area contributed by atoms with Crippen LogP contribution in [-0.2, 0) is 0 Å². The van der Waals surface area contributed by atoms with E-state index in [1.165, 1.54) is 11.1 Å². The van der Waals surface area contributed by atoms with Crippen LogP contribution < -0.4 is 5.32 Å². The molecule has 0 radical (unpaired) electrons. The molecule has 15 heavy (non-hydrogen) atoms. The van der Waals surface area contributed by atoms with Crippen molar-refractivity contribution in [2.75, 3.05) is 6.54 Å². The van der Waals surface area contributed by atoms with E-state index in [1.54, 1.807) is 0 Å². The zero-order chi connectivity index (χ0) is 11.3. The summed E-state index contributed by atoms with van der Waals surface area (Å²) in [6.07, 6.45) is 4.31. The van der Waals surface area contributed by atoms with Crippen LogP contribution in [0.3, 0.4) is 0 Å². The van der Waals surface area contributed by atoms with Crippen LogP contribution >= 0.6 is 0 Å². The van der Waals surface area contributed by atoms with Crippen molar-refractivity contribution in [3.8, 4) is 0 Å². The van der Waals surface area contributed by atoms with Gasteiger partial charge < -0.3 is 5.32 Å². The van der Waals surface area contributed by atoms with Crippen LogP contribution in [0.1, 0.15) is 31.9 Å². The van der Waals surface area contributed by atoms with Gasteiger partial charge in [-0.2, -0.15) is 0 Å². The third-order valence-electron chi connectivity index (χ3n) is 2.14. The van der Waals surface area contributed by atoms with E-state index < -0.39 is 0 Å². The van der Waals surface area contributed by atoms with Gasteiger partial charge in [0.25, 0.3) is 0 Å². The molecule has 0 atom stereocenters. The first-order valence-electron chi connectivity index (χ1n) is 5.46. The zero-order valence-corrected chi connectivity index (χ0v) is 10.2. The molecule has 0 saturated carbocycles. The highest BCUT2D eigenvalue weighted by molar-refractivity contribution is 5.49. The highest BCUT2D eigenvalue weighted by Gasteiger charge is 2.05. The number of benzene rings is 1.